The predicted octanol–water partition coefficient (Wildman–Crippen LogP) is 2.31. The molecule has 0 saturated heterocycles. The molecule has 0 aliphatic rings. The van der Waals surface area contributed by atoms with E-state index in [4.69, 9.17) is 0 Å². The summed E-state index contributed by atoms with van der Waals surface area (Å²) >= 11 is 0. The molecule has 0 spiro atoms. The Hall–Kier alpha value is -1.50. The lowest BCUT2D eigenvalue weighted by Gasteiger charge is -2.12. The lowest BCUT2D eigenvalue weighted by Crippen LogP contribution is -2.34. The third kappa shape index (κ3) is 2.44. The van der Waals surface area contributed by atoms with Gasteiger partial charge in [0.05, 0.1) is 0 Å². The van der Waals surface area contributed by atoms with Crippen LogP contribution in [0.4, 0.5) is 0 Å². The molecule has 0 saturated carbocycles. The van der Waals surface area contributed by atoms with Crippen molar-refractivity contribution in [3.63, 3.8) is 0 Å². The van der Waals surface area contributed by atoms with Gasteiger partial charge in [-0.15, -0.1) is 0 Å². The molecule has 2 aromatic carbocycles. The minimum Gasteiger partial charge on any atom is -0.0728 e. The second-order valence-corrected chi connectivity index (χ2v) is 4.92. The molecule has 0 aromatic heterocycles. The van der Waals surface area contributed by atoms with Crippen molar-refractivity contribution < 1.29 is 0 Å². The molecule has 0 aliphatic heterocycles. The van der Waals surface area contributed by atoms with Crippen LogP contribution in [0.1, 0.15) is 22.3 Å². The maximum absolute atomic E-state index is 2.20. The van der Waals surface area contributed by atoms with Gasteiger partial charge in [0.15, 0.2) is 7.28 Å². The molecular formula is C16H19B. The highest BCUT2D eigenvalue weighted by Crippen LogP contribution is 2.03. The molecule has 0 fully saturated rings. The number of benzene rings is 2. The fourth-order valence-corrected chi connectivity index (χ4v) is 2.43. The van der Waals surface area contributed by atoms with E-state index in [1.165, 1.54) is 33.2 Å². The summed E-state index contributed by atoms with van der Waals surface area (Å²) in [4.78, 5) is 0. The lowest BCUT2D eigenvalue weighted by molar-refractivity contribution is 1.41. The summed E-state index contributed by atoms with van der Waals surface area (Å²) in [5.41, 5.74) is 8.54. The van der Waals surface area contributed by atoms with Crippen molar-refractivity contribution in [2.45, 2.75) is 27.7 Å². The van der Waals surface area contributed by atoms with Crippen molar-refractivity contribution in [3.8, 4) is 0 Å². The van der Waals surface area contributed by atoms with Crippen molar-refractivity contribution in [3.05, 3.63) is 58.7 Å². The summed E-state index contributed by atoms with van der Waals surface area (Å²) in [6.07, 6.45) is 0. The minimum atomic E-state index is 1.05. The van der Waals surface area contributed by atoms with Crippen LogP contribution in [0.3, 0.4) is 0 Å². The highest BCUT2D eigenvalue weighted by atomic mass is 14.0. The first-order chi connectivity index (χ1) is 8.09. The van der Waals surface area contributed by atoms with E-state index < -0.39 is 0 Å². The Morgan fingerprint density at radius 3 is 1.18 bits per heavy atom. The standard InChI is InChI=1S/C16H19B/c1-11-7-5-8-12(2)15(11)17-16-13(3)9-6-10-14(16)4/h5-10,17H,1-4H3. The molecular weight excluding hydrogens is 203 g/mol. The molecule has 0 atom stereocenters. The Morgan fingerprint density at radius 1 is 0.588 bits per heavy atom. The van der Waals surface area contributed by atoms with Gasteiger partial charge in [-0.2, -0.15) is 0 Å². The van der Waals surface area contributed by atoms with Crippen molar-refractivity contribution in [1.29, 1.82) is 0 Å². The fraction of sp³-hybridized carbons (Fsp3) is 0.250. The van der Waals surface area contributed by atoms with Gasteiger partial charge in [-0.25, -0.2) is 0 Å². The molecule has 0 amide bonds. The molecule has 0 heterocycles. The van der Waals surface area contributed by atoms with Crippen molar-refractivity contribution in [2.24, 2.45) is 0 Å². The second kappa shape index (κ2) is 4.79. The van der Waals surface area contributed by atoms with E-state index in [1.807, 2.05) is 0 Å². The minimum absolute atomic E-state index is 1.05. The third-order valence-corrected chi connectivity index (χ3v) is 3.64. The van der Waals surface area contributed by atoms with Gasteiger partial charge in [-0.05, 0) is 27.7 Å². The van der Waals surface area contributed by atoms with Crippen LogP contribution in [0.5, 0.6) is 0 Å². The smallest absolute Gasteiger partial charge is 0.0728 e. The number of hydrogen-bond donors (Lipinski definition) is 0. The van der Waals surface area contributed by atoms with E-state index in [1.54, 1.807) is 0 Å². The van der Waals surface area contributed by atoms with Crippen LogP contribution < -0.4 is 10.9 Å². The van der Waals surface area contributed by atoms with Crippen LogP contribution in [0.15, 0.2) is 36.4 Å². The zero-order valence-electron chi connectivity index (χ0n) is 11.2. The molecule has 0 aliphatic carbocycles. The van der Waals surface area contributed by atoms with E-state index in [2.05, 4.69) is 64.1 Å². The van der Waals surface area contributed by atoms with E-state index in [0.29, 0.717) is 0 Å². The van der Waals surface area contributed by atoms with Gasteiger partial charge in [0.25, 0.3) is 0 Å². The van der Waals surface area contributed by atoms with Gasteiger partial charge in [0.1, 0.15) is 0 Å². The van der Waals surface area contributed by atoms with E-state index in [-0.39, 0.29) is 0 Å². The summed E-state index contributed by atoms with van der Waals surface area (Å²) in [5.74, 6) is 0. The van der Waals surface area contributed by atoms with Crippen molar-refractivity contribution in [1.82, 2.24) is 0 Å². The quantitative estimate of drug-likeness (QED) is 0.684. The molecule has 2 rings (SSSR count). The van der Waals surface area contributed by atoms with Gasteiger partial charge >= 0.3 is 0 Å². The van der Waals surface area contributed by atoms with Crippen LogP contribution in [0.25, 0.3) is 0 Å². The zero-order chi connectivity index (χ0) is 12.4. The molecule has 0 nitrogen and oxygen atoms in total. The van der Waals surface area contributed by atoms with Crippen LogP contribution in [0.2, 0.25) is 0 Å². The predicted molar refractivity (Wildman–Crippen MR) is 78.2 cm³/mol. The Balaban J connectivity index is 2.45. The fourth-order valence-electron chi connectivity index (χ4n) is 2.43. The van der Waals surface area contributed by atoms with Gasteiger partial charge in [0.2, 0.25) is 0 Å². The van der Waals surface area contributed by atoms with Gasteiger partial charge < -0.3 is 0 Å². The third-order valence-electron chi connectivity index (χ3n) is 3.64. The monoisotopic (exact) mass is 222 g/mol. The van der Waals surface area contributed by atoms with Crippen LogP contribution >= 0.6 is 0 Å². The average molecular weight is 222 g/mol. The molecule has 17 heavy (non-hydrogen) atoms. The normalized spacial score (nSPS) is 10.4. The highest BCUT2D eigenvalue weighted by Gasteiger charge is 2.09. The molecule has 0 radical (unpaired) electrons. The van der Waals surface area contributed by atoms with Crippen LogP contribution in [-0.2, 0) is 0 Å². The molecule has 2 aromatic rings. The summed E-state index contributed by atoms with van der Waals surface area (Å²) in [7, 11) is 1.05. The van der Waals surface area contributed by atoms with Crippen LogP contribution in [0, 0.1) is 27.7 Å². The highest BCUT2D eigenvalue weighted by molar-refractivity contribution is 6.69. The summed E-state index contributed by atoms with van der Waals surface area (Å²) in [6, 6.07) is 13.1. The van der Waals surface area contributed by atoms with Crippen LogP contribution in [-0.4, -0.2) is 7.28 Å². The van der Waals surface area contributed by atoms with E-state index in [9.17, 15) is 0 Å². The Kier molecular flexibility index (Phi) is 3.37. The summed E-state index contributed by atoms with van der Waals surface area (Å²) in [6.45, 7) is 8.82. The first kappa shape index (κ1) is 12.0. The first-order valence-corrected chi connectivity index (χ1v) is 6.20. The van der Waals surface area contributed by atoms with Gasteiger partial charge in [-0.1, -0.05) is 69.6 Å². The largest absolute Gasteiger partial charge is 0.193 e. The Labute approximate surface area is 105 Å². The summed E-state index contributed by atoms with van der Waals surface area (Å²) < 4.78 is 0. The molecule has 0 bridgehead atoms. The lowest BCUT2D eigenvalue weighted by atomic mass is 9.58. The van der Waals surface area contributed by atoms with Gasteiger partial charge in [0, 0.05) is 0 Å². The maximum Gasteiger partial charge on any atom is 0.193 e. The Morgan fingerprint density at radius 2 is 0.882 bits per heavy atom. The number of hydrogen-bond acceptors (Lipinski definition) is 0. The Bertz CT molecular complexity index is 451. The molecule has 0 N–H and O–H groups in total. The molecule has 86 valence electrons. The van der Waals surface area contributed by atoms with Crippen molar-refractivity contribution >= 4 is 18.2 Å². The average Bonchev–Trinajstić information content (AvgIpc) is 2.27. The summed E-state index contributed by atoms with van der Waals surface area (Å²) in [5, 5.41) is 0. The van der Waals surface area contributed by atoms with E-state index >= 15 is 0 Å². The van der Waals surface area contributed by atoms with Gasteiger partial charge in [-0.3, -0.25) is 0 Å². The second-order valence-electron chi connectivity index (χ2n) is 4.92. The topological polar surface area (TPSA) is 0 Å². The SMILES string of the molecule is Cc1cccc(C)c1Bc1c(C)cccc1C. The molecule has 1 heteroatoms. The number of rotatable bonds is 2. The number of aryl methyl sites for hydroxylation is 4. The maximum atomic E-state index is 2.20. The zero-order valence-corrected chi connectivity index (χ0v) is 11.2. The first-order valence-electron chi connectivity index (χ1n) is 6.20. The molecule has 0 unspecified atom stereocenters. The van der Waals surface area contributed by atoms with Crippen molar-refractivity contribution in [2.75, 3.05) is 0 Å². The van der Waals surface area contributed by atoms with E-state index in [0.717, 1.165) is 7.28 Å².